The van der Waals surface area contributed by atoms with Crippen LogP contribution in [0.5, 0.6) is 0 Å². The van der Waals surface area contributed by atoms with Crippen LogP contribution in [0.25, 0.3) is 10.7 Å². The van der Waals surface area contributed by atoms with Crippen molar-refractivity contribution in [1.82, 2.24) is 9.97 Å². The topological polar surface area (TPSA) is 52.1 Å². The fourth-order valence-corrected chi connectivity index (χ4v) is 3.46. The lowest BCUT2D eigenvalue weighted by Crippen LogP contribution is -2.08. The zero-order valence-corrected chi connectivity index (χ0v) is 14.2. The van der Waals surface area contributed by atoms with Gasteiger partial charge in [-0.05, 0) is 24.5 Å². The summed E-state index contributed by atoms with van der Waals surface area (Å²) in [5.74, 6) is 0.244. The van der Waals surface area contributed by atoms with E-state index in [1.807, 2.05) is 18.2 Å². The highest BCUT2D eigenvalue weighted by Crippen LogP contribution is 2.30. The largest absolute Gasteiger partial charge is 0.465 e. The Kier molecular flexibility index (Phi) is 6.07. The second kappa shape index (κ2) is 8.03. The van der Waals surface area contributed by atoms with E-state index in [0.717, 1.165) is 42.1 Å². The van der Waals surface area contributed by atoms with E-state index < -0.39 is 0 Å². The van der Waals surface area contributed by atoms with Gasteiger partial charge in [-0.25, -0.2) is 9.78 Å². The molecule has 0 radical (unpaired) electrons. The van der Waals surface area contributed by atoms with E-state index in [9.17, 15) is 4.79 Å². The average molecular weight is 318 g/mol. The number of esters is 1. The number of carbonyl (C=O) groups is 1. The molecule has 2 rings (SSSR count). The van der Waals surface area contributed by atoms with Crippen molar-refractivity contribution in [1.29, 1.82) is 0 Å². The summed E-state index contributed by atoms with van der Waals surface area (Å²) in [5, 5.41) is 0.780. The number of hydrogen-bond acceptors (Lipinski definition) is 5. The number of aromatic nitrogens is 2. The molecule has 2 heterocycles. The third-order valence-electron chi connectivity index (χ3n) is 3.71. The molecule has 0 aliphatic carbocycles. The van der Waals surface area contributed by atoms with Crippen LogP contribution in [0.15, 0.2) is 24.4 Å². The first-order valence-electron chi connectivity index (χ1n) is 7.68. The van der Waals surface area contributed by atoms with Crippen LogP contribution in [-0.4, -0.2) is 23.0 Å². The molecule has 0 aromatic carbocycles. The van der Waals surface area contributed by atoms with E-state index >= 15 is 0 Å². The zero-order valence-electron chi connectivity index (χ0n) is 13.3. The molecule has 0 fully saturated rings. The Morgan fingerprint density at radius 2 is 2.18 bits per heavy atom. The molecule has 0 amide bonds. The highest BCUT2D eigenvalue weighted by Gasteiger charge is 2.22. The molecule has 0 aliphatic rings. The van der Waals surface area contributed by atoms with Crippen molar-refractivity contribution in [2.45, 2.75) is 39.5 Å². The first-order valence-corrected chi connectivity index (χ1v) is 8.50. The van der Waals surface area contributed by atoms with Crippen LogP contribution in [0.3, 0.4) is 0 Å². The smallest absolute Gasteiger partial charge is 0.349 e. The lowest BCUT2D eigenvalue weighted by molar-refractivity contribution is 0.0604. The summed E-state index contributed by atoms with van der Waals surface area (Å²) in [4.78, 5) is 21.6. The minimum Gasteiger partial charge on any atom is -0.465 e. The molecule has 4 nitrogen and oxygen atoms in total. The van der Waals surface area contributed by atoms with Crippen molar-refractivity contribution >= 4 is 17.3 Å². The second-order valence-electron chi connectivity index (χ2n) is 5.27. The van der Waals surface area contributed by atoms with Crippen LogP contribution in [0.2, 0.25) is 0 Å². The number of methoxy groups -OCH3 is 1. The molecule has 2 aromatic heterocycles. The van der Waals surface area contributed by atoms with E-state index in [2.05, 4.69) is 23.8 Å². The van der Waals surface area contributed by atoms with Crippen molar-refractivity contribution in [2.24, 2.45) is 5.92 Å². The third kappa shape index (κ3) is 3.91. The number of thiazole rings is 1. The maximum absolute atomic E-state index is 12.0. The summed E-state index contributed by atoms with van der Waals surface area (Å²) in [6, 6.07) is 5.70. The van der Waals surface area contributed by atoms with Gasteiger partial charge in [-0.1, -0.05) is 39.2 Å². The summed E-state index contributed by atoms with van der Waals surface area (Å²) in [6.45, 7) is 4.37. The van der Waals surface area contributed by atoms with Crippen LogP contribution in [0, 0.1) is 5.92 Å². The number of pyridine rings is 1. The molecule has 0 spiro atoms. The highest BCUT2D eigenvalue weighted by atomic mass is 32.1. The summed E-state index contributed by atoms with van der Waals surface area (Å²) in [7, 11) is 1.41. The Morgan fingerprint density at radius 1 is 1.36 bits per heavy atom. The van der Waals surface area contributed by atoms with Crippen molar-refractivity contribution < 1.29 is 9.53 Å². The van der Waals surface area contributed by atoms with Gasteiger partial charge in [0, 0.05) is 6.20 Å². The number of carbonyl (C=O) groups excluding carboxylic acids is 1. The Bertz CT molecular complexity index is 610. The maximum Gasteiger partial charge on any atom is 0.349 e. The number of ether oxygens (including phenoxy) is 1. The third-order valence-corrected chi connectivity index (χ3v) is 4.81. The van der Waals surface area contributed by atoms with E-state index in [0.29, 0.717) is 10.8 Å². The minimum atomic E-state index is -0.305. The van der Waals surface area contributed by atoms with Crippen LogP contribution in [-0.2, 0) is 11.2 Å². The van der Waals surface area contributed by atoms with E-state index in [4.69, 9.17) is 4.74 Å². The molecule has 1 unspecified atom stereocenters. The van der Waals surface area contributed by atoms with Gasteiger partial charge in [0.1, 0.15) is 9.88 Å². The number of hydrogen-bond donors (Lipinski definition) is 0. The Morgan fingerprint density at radius 3 is 2.77 bits per heavy atom. The normalized spacial score (nSPS) is 12.1. The maximum atomic E-state index is 12.0. The van der Waals surface area contributed by atoms with E-state index in [-0.39, 0.29) is 5.97 Å². The molecule has 2 aromatic rings. The molecule has 0 saturated heterocycles. The van der Waals surface area contributed by atoms with Gasteiger partial charge >= 0.3 is 5.97 Å². The average Bonchev–Trinajstić information content (AvgIpc) is 2.98. The molecule has 1 atom stereocenters. The van der Waals surface area contributed by atoms with Crippen molar-refractivity contribution in [3.63, 3.8) is 0 Å². The first-order chi connectivity index (χ1) is 10.7. The van der Waals surface area contributed by atoms with Crippen LogP contribution in [0.4, 0.5) is 0 Å². The van der Waals surface area contributed by atoms with Crippen LogP contribution >= 0.6 is 11.3 Å². The predicted molar refractivity (Wildman–Crippen MR) is 89.1 cm³/mol. The quantitative estimate of drug-likeness (QED) is 0.712. The van der Waals surface area contributed by atoms with E-state index in [1.165, 1.54) is 18.4 Å². The number of rotatable bonds is 7. The standard InChI is InChI=1S/C17H22N2O2S/c1-4-8-12(5-2)11-14-15(17(20)21-3)22-16(19-14)13-9-6-7-10-18-13/h6-7,9-10,12H,4-5,8,11H2,1-3H3. The predicted octanol–water partition coefficient (Wildman–Crippen LogP) is 4.36. The van der Waals surface area contributed by atoms with Crippen molar-refractivity contribution in [2.75, 3.05) is 7.11 Å². The van der Waals surface area contributed by atoms with Crippen molar-refractivity contribution in [3.8, 4) is 10.7 Å². The molecule has 5 heteroatoms. The fourth-order valence-electron chi connectivity index (χ4n) is 2.47. The molecule has 0 bridgehead atoms. The number of nitrogens with zero attached hydrogens (tertiary/aromatic N) is 2. The summed E-state index contributed by atoms with van der Waals surface area (Å²) in [6.07, 6.45) is 5.93. The first kappa shape index (κ1) is 16.6. The van der Waals surface area contributed by atoms with Gasteiger partial charge in [-0.3, -0.25) is 4.98 Å². The monoisotopic (exact) mass is 318 g/mol. The van der Waals surface area contributed by atoms with Crippen LogP contribution in [0.1, 0.15) is 48.5 Å². The Balaban J connectivity index is 2.34. The summed E-state index contributed by atoms with van der Waals surface area (Å²) in [5.41, 5.74) is 1.64. The van der Waals surface area contributed by atoms with Gasteiger partial charge in [0.25, 0.3) is 0 Å². The molecule has 0 N–H and O–H groups in total. The van der Waals surface area contributed by atoms with Gasteiger partial charge in [-0.15, -0.1) is 11.3 Å². The Hall–Kier alpha value is -1.75. The minimum absolute atomic E-state index is 0.305. The summed E-state index contributed by atoms with van der Waals surface area (Å²) < 4.78 is 4.91. The lowest BCUT2D eigenvalue weighted by Gasteiger charge is -2.12. The SMILES string of the molecule is CCCC(CC)Cc1nc(-c2ccccn2)sc1C(=O)OC. The summed E-state index contributed by atoms with van der Waals surface area (Å²) >= 11 is 1.37. The zero-order chi connectivity index (χ0) is 15.9. The molecule has 0 aliphatic heterocycles. The second-order valence-corrected chi connectivity index (χ2v) is 6.27. The molecule has 118 valence electrons. The lowest BCUT2D eigenvalue weighted by atomic mass is 9.95. The van der Waals surface area contributed by atoms with Gasteiger partial charge < -0.3 is 4.74 Å². The Labute approximate surface area is 135 Å². The van der Waals surface area contributed by atoms with Crippen LogP contribution < -0.4 is 0 Å². The molecule has 22 heavy (non-hydrogen) atoms. The van der Waals surface area contributed by atoms with Gasteiger partial charge in [0.15, 0.2) is 0 Å². The van der Waals surface area contributed by atoms with Gasteiger partial charge in [0.2, 0.25) is 0 Å². The molecular weight excluding hydrogens is 296 g/mol. The fraction of sp³-hybridized carbons (Fsp3) is 0.471. The van der Waals surface area contributed by atoms with E-state index in [1.54, 1.807) is 6.20 Å². The van der Waals surface area contributed by atoms with Gasteiger partial charge in [0.05, 0.1) is 18.5 Å². The molecular formula is C17H22N2O2S. The molecule has 0 saturated carbocycles. The van der Waals surface area contributed by atoms with Crippen molar-refractivity contribution in [3.05, 3.63) is 35.0 Å². The van der Waals surface area contributed by atoms with Gasteiger partial charge in [-0.2, -0.15) is 0 Å². The highest BCUT2D eigenvalue weighted by molar-refractivity contribution is 7.17.